The summed E-state index contributed by atoms with van der Waals surface area (Å²) in [6, 6.07) is 4.12. The van der Waals surface area contributed by atoms with Crippen LogP contribution in [0.5, 0.6) is 5.75 Å². The zero-order valence-corrected chi connectivity index (χ0v) is 25.4. The molecule has 13 nitrogen and oxygen atoms in total. The highest BCUT2D eigenvalue weighted by molar-refractivity contribution is 5.99. The summed E-state index contributed by atoms with van der Waals surface area (Å²) in [7, 11) is 3.26. The van der Waals surface area contributed by atoms with Crippen LogP contribution >= 0.6 is 0 Å². The maximum atomic E-state index is 13.8. The van der Waals surface area contributed by atoms with Crippen molar-refractivity contribution in [1.29, 1.82) is 0 Å². The molecule has 0 bridgehead atoms. The second-order valence-electron chi connectivity index (χ2n) is 11.7. The van der Waals surface area contributed by atoms with Gasteiger partial charge in [-0.25, -0.2) is 0 Å². The maximum absolute atomic E-state index is 13.8. The second kappa shape index (κ2) is 14.3. The number of amides is 4. The van der Waals surface area contributed by atoms with E-state index in [2.05, 4.69) is 16.0 Å². The molecule has 5 atom stereocenters. The van der Waals surface area contributed by atoms with Gasteiger partial charge in [0.05, 0.1) is 39.5 Å². The summed E-state index contributed by atoms with van der Waals surface area (Å²) >= 11 is 0. The van der Waals surface area contributed by atoms with Crippen LogP contribution in [0, 0.1) is 5.92 Å². The van der Waals surface area contributed by atoms with E-state index in [4.69, 9.17) is 14.2 Å². The smallest absolute Gasteiger partial charge is 0.243 e. The Morgan fingerprint density at radius 3 is 2.26 bits per heavy atom. The van der Waals surface area contributed by atoms with Gasteiger partial charge in [-0.2, -0.15) is 0 Å². The standard InChI is InChI=1S/C30H43N5O8/c1-19(31-25(36)17-35-11-13-42-14-12-35)27(38)33-24(15-20-5-7-22(41-4)8-6-20)28(39)32-23(26(37)30(2)18-43-30)16-21-9-10-34(3)29(21)40/h5-8,19,21,23-24H,9-18H2,1-4H3,(H,31,36)(H,32,39)(H,33,38). The number of methoxy groups -OCH3 is 1. The monoisotopic (exact) mass is 601 g/mol. The van der Waals surface area contributed by atoms with E-state index in [-0.39, 0.29) is 43.6 Å². The third kappa shape index (κ3) is 8.74. The van der Waals surface area contributed by atoms with Gasteiger partial charge in [0.2, 0.25) is 23.6 Å². The Morgan fingerprint density at radius 2 is 1.67 bits per heavy atom. The number of ether oxygens (including phenoxy) is 3. The Kier molecular flexibility index (Phi) is 10.7. The van der Waals surface area contributed by atoms with Gasteiger partial charge in [0.15, 0.2) is 5.78 Å². The molecule has 0 saturated carbocycles. The van der Waals surface area contributed by atoms with E-state index in [1.54, 1.807) is 57.2 Å². The van der Waals surface area contributed by atoms with Gasteiger partial charge in [0.25, 0.3) is 0 Å². The average molecular weight is 602 g/mol. The lowest BCUT2D eigenvalue weighted by Crippen LogP contribution is -2.57. The van der Waals surface area contributed by atoms with Gasteiger partial charge >= 0.3 is 0 Å². The molecule has 4 amide bonds. The van der Waals surface area contributed by atoms with E-state index >= 15 is 0 Å². The summed E-state index contributed by atoms with van der Waals surface area (Å²) < 4.78 is 15.9. The highest BCUT2D eigenvalue weighted by Gasteiger charge is 2.51. The molecule has 3 N–H and O–H groups in total. The summed E-state index contributed by atoms with van der Waals surface area (Å²) in [5.41, 5.74) is -0.266. The zero-order valence-electron chi connectivity index (χ0n) is 25.4. The Bertz CT molecular complexity index is 1180. The Hall–Kier alpha value is -3.55. The summed E-state index contributed by atoms with van der Waals surface area (Å²) in [5.74, 6) is -1.57. The average Bonchev–Trinajstić information content (AvgIpc) is 3.68. The number of carbonyl (C=O) groups is 5. The number of Topliss-reactive ketones (excluding diaryl/α,β-unsaturated/α-hetero) is 1. The molecule has 3 aliphatic rings. The molecule has 1 aromatic rings. The van der Waals surface area contributed by atoms with Crippen molar-refractivity contribution in [2.45, 2.75) is 56.8 Å². The molecule has 3 saturated heterocycles. The minimum atomic E-state index is -1.07. The van der Waals surface area contributed by atoms with Gasteiger partial charge in [-0.3, -0.25) is 28.9 Å². The van der Waals surface area contributed by atoms with Crippen LogP contribution in [-0.4, -0.2) is 123 Å². The number of carbonyl (C=O) groups excluding carboxylic acids is 5. The Morgan fingerprint density at radius 1 is 1.02 bits per heavy atom. The molecule has 4 rings (SSSR count). The maximum Gasteiger partial charge on any atom is 0.243 e. The molecule has 3 fully saturated rings. The van der Waals surface area contributed by atoms with Crippen molar-refractivity contribution < 1.29 is 38.2 Å². The molecule has 13 heteroatoms. The van der Waals surface area contributed by atoms with Crippen molar-refractivity contribution in [2.24, 2.45) is 5.92 Å². The number of nitrogens with zero attached hydrogens (tertiary/aromatic N) is 2. The van der Waals surface area contributed by atoms with Crippen molar-refractivity contribution in [3.8, 4) is 5.75 Å². The van der Waals surface area contributed by atoms with Crippen molar-refractivity contribution in [2.75, 3.05) is 60.2 Å². The van der Waals surface area contributed by atoms with Crippen LogP contribution in [0.3, 0.4) is 0 Å². The molecular weight excluding hydrogens is 558 g/mol. The number of hydrogen-bond donors (Lipinski definition) is 3. The largest absolute Gasteiger partial charge is 0.497 e. The minimum absolute atomic E-state index is 0.0707. The van der Waals surface area contributed by atoms with E-state index in [1.165, 1.54) is 0 Å². The van der Waals surface area contributed by atoms with Gasteiger partial charge in [0.1, 0.15) is 23.4 Å². The zero-order chi connectivity index (χ0) is 31.1. The first-order chi connectivity index (χ1) is 20.5. The van der Waals surface area contributed by atoms with Crippen molar-refractivity contribution in [3.63, 3.8) is 0 Å². The first-order valence-electron chi connectivity index (χ1n) is 14.8. The number of epoxide rings is 1. The lowest BCUT2D eigenvalue weighted by molar-refractivity contribution is -0.135. The van der Waals surface area contributed by atoms with Gasteiger partial charge in [-0.15, -0.1) is 0 Å². The molecule has 43 heavy (non-hydrogen) atoms. The predicted molar refractivity (Wildman–Crippen MR) is 155 cm³/mol. The molecule has 1 aromatic carbocycles. The fraction of sp³-hybridized carbons (Fsp3) is 0.633. The van der Waals surface area contributed by atoms with E-state index < -0.39 is 41.5 Å². The summed E-state index contributed by atoms with van der Waals surface area (Å²) in [6.07, 6.45) is 0.847. The third-order valence-electron chi connectivity index (χ3n) is 8.26. The quantitative estimate of drug-likeness (QED) is 0.234. The first kappa shape index (κ1) is 32.4. The number of benzene rings is 1. The molecule has 0 aliphatic carbocycles. The topological polar surface area (TPSA) is 159 Å². The van der Waals surface area contributed by atoms with Gasteiger partial charge in [-0.05, 0) is 44.4 Å². The fourth-order valence-corrected chi connectivity index (χ4v) is 5.34. The van der Waals surface area contributed by atoms with Crippen LogP contribution in [0.15, 0.2) is 24.3 Å². The van der Waals surface area contributed by atoms with Gasteiger partial charge in [0, 0.05) is 39.0 Å². The number of ketones is 1. The van der Waals surface area contributed by atoms with Crippen molar-refractivity contribution >= 4 is 29.4 Å². The molecule has 5 unspecified atom stereocenters. The van der Waals surface area contributed by atoms with Crippen LogP contribution < -0.4 is 20.7 Å². The molecule has 0 spiro atoms. The summed E-state index contributed by atoms with van der Waals surface area (Å²) in [6.45, 7) is 6.52. The molecule has 0 aromatic heterocycles. The SMILES string of the molecule is COc1ccc(CC(NC(=O)C(C)NC(=O)CN2CCOCC2)C(=O)NC(CC2CCN(C)C2=O)C(=O)C2(C)CO2)cc1. The number of rotatable bonds is 14. The van der Waals surface area contributed by atoms with Gasteiger partial charge < -0.3 is 35.1 Å². The van der Waals surface area contributed by atoms with E-state index in [0.717, 1.165) is 5.56 Å². The predicted octanol–water partition coefficient (Wildman–Crippen LogP) is -0.729. The van der Waals surface area contributed by atoms with E-state index in [0.29, 0.717) is 45.0 Å². The number of hydrogen-bond acceptors (Lipinski definition) is 9. The van der Waals surface area contributed by atoms with Crippen LogP contribution in [0.25, 0.3) is 0 Å². The second-order valence-corrected chi connectivity index (χ2v) is 11.7. The minimum Gasteiger partial charge on any atom is -0.497 e. The van der Waals surface area contributed by atoms with Crippen LogP contribution in [0.1, 0.15) is 32.3 Å². The Balaban J connectivity index is 1.46. The van der Waals surface area contributed by atoms with Crippen LogP contribution in [0.4, 0.5) is 0 Å². The number of morpholine rings is 1. The number of likely N-dealkylation sites (tertiary alicyclic amines) is 1. The van der Waals surface area contributed by atoms with Crippen LogP contribution in [-0.2, 0) is 39.9 Å². The summed E-state index contributed by atoms with van der Waals surface area (Å²) in [5, 5.41) is 8.29. The molecule has 3 heterocycles. The normalized spacial score (nSPS) is 24.0. The van der Waals surface area contributed by atoms with E-state index in [9.17, 15) is 24.0 Å². The lowest BCUT2D eigenvalue weighted by Gasteiger charge is -2.27. The Labute approximate surface area is 251 Å². The van der Waals surface area contributed by atoms with Gasteiger partial charge in [-0.1, -0.05) is 12.1 Å². The van der Waals surface area contributed by atoms with Crippen LogP contribution in [0.2, 0.25) is 0 Å². The third-order valence-corrected chi connectivity index (χ3v) is 8.26. The number of nitrogens with one attached hydrogen (secondary N) is 3. The van der Waals surface area contributed by atoms with Crippen molar-refractivity contribution in [3.05, 3.63) is 29.8 Å². The summed E-state index contributed by atoms with van der Waals surface area (Å²) in [4.78, 5) is 69.1. The molecule has 3 aliphatic heterocycles. The van der Waals surface area contributed by atoms with Crippen molar-refractivity contribution in [1.82, 2.24) is 25.8 Å². The molecular formula is C30H43N5O8. The lowest BCUT2D eigenvalue weighted by atomic mass is 9.90. The highest BCUT2D eigenvalue weighted by Crippen LogP contribution is 2.31. The highest BCUT2D eigenvalue weighted by atomic mass is 16.6. The molecule has 0 radical (unpaired) electrons. The fourth-order valence-electron chi connectivity index (χ4n) is 5.34. The first-order valence-corrected chi connectivity index (χ1v) is 14.8. The van der Waals surface area contributed by atoms with E-state index in [1.807, 2.05) is 4.90 Å². The molecule has 236 valence electrons.